The van der Waals surface area contributed by atoms with E-state index in [1.165, 1.54) is 5.56 Å². The first-order chi connectivity index (χ1) is 14.1. The first kappa shape index (κ1) is 20.4. The molecule has 2 N–H and O–H groups in total. The molecule has 3 heteroatoms. The van der Waals surface area contributed by atoms with E-state index in [1.807, 2.05) is 66.7 Å². The third-order valence-electron chi connectivity index (χ3n) is 4.82. The van der Waals surface area contributed by atoms with Gasteiger partial charge in [-0.25, -0.2) is 0 Å². The van der Waals surface area contributed by atoms with E-state index in [0.717, 1.165) is 41.0 Å². The number of benzene rings is 3. The molecule has 0 saturated carbocycles. The van der Waals surface area contributed by atoms with Crippen LogP contribution in [0.5, 0.6) is 5.75 Å². The maximum atomic E-state index is 11.1. The summed E-state index contributed by atoms with van der Waals surface area (Å²) in [4.78, 5) is 11.1. The van der Waals surface area contributed by atoms with Gasteiger partial charge in [0.2, 0.25) is 0 Å². The number of hydrogen-bond donors (Lipinski definition) is 1. The molecule has 0 atom stereocenters. The van der Waals surface area contributed by atoms with Crippen molar-refractivity contribution in [2.24, 2.45) is 0 Å². The third-order valence-corrected chi connectivity index (χ3v) is 4.82. The SMILES string of the molecule is CC(=O)CCc1ccc(OC/C(=C/Cc2ccccc2)c2ccccc2N)cc1. The topological polar surface area (TPSA) is 52.3 Å². The molecule has 0 spiro atoms. The lowest BCUT2D eigenvalue weighted by Gasteiger charge is -2.13. The highest BCUT2D eigenvalue weighted by Crippen LogP contribution is 2.24. The van der Waals surface area contributed by atoms with Crippen LogP contribution in [0.3, 0.4) is 0 Å². The second-order valence-electron chi connectivity index (χ2n) is 7.14. The molecular weight excluding hydrogens is 358 g/mol. The Labute approximate surface area is 172 Å². The monoisotopic (exact) mass is 385 g/mol. The minimum atomic E-state index is 0.207. The van der Waals surface area contributed by atoms with Crippen LogP contribution in [0.2, 0.25) is 0 Å². The number of ketones is 1. The Morgan fingerprint density at radius 3 is 2.28 bits per heavy atom. The molecule has 148 valence electrons. The number of nitrogen functional groups attached to an aromatic ring is 1. The van der Waals surface area contributed by atoms with Gasteiger partial charge in [-0.15, -0.1) is 0 Å². The lowest BCUT2D eigenvalue weighted by atomic mass is 10.0. The van der Waals surface area contributed by atoms with Gasteiger partial charge >= 0.3 is 0 Å². The summed E-state index contributed by atoms with van der Waals surface area (Å²) in [5, 5.41) is 0. The van der Waals surface area contributed by atoms with Gasteiger partial charge in [-0.3, -0.25) is 0 Å². The van der Waals surface area contributed by atoms with Gasteiger partial charge in [-0.2, -0.15) is 0 Å². The van der Waals surface area contributed by atoms with Crippen LogP contribution in [-0.2, 0) is 17.6 Å². The summed E-state index contributed by atoms with van der Waals surface area (Å²) >= 11 is 0. The molecule has 0 aliphatic carbocycles. The van der Waals surface area contributed by atoms with E-state index in [0.29, 0.717) is 13.0 Å². The molecular formula is C26H27NO2. The molecule has 0 saturated heterocycles. The summed E-state index contributed by atoms with van der Waals surface area (Å²) in [6, 6.07) is 26.2. The van der Waals surface area contributed by atoms with Crippen LogP contribution in [0.25, 0.3) is 5.57 Å². The van der Waals surface area contributed by atoms with E-state index in [9.17, 15) is 4.79 Å². The van der Waals surface area contributed by atoms with Gasteiger partial charge in [0, 0.05) is 17.7 Å². The number of hydrogen-bond acceptors (Lipinski definition) is 3. The largest absolute Gasteiger partial charge is 0.489 e. The van der Waals surface area contributed by atoms with Crippen molar-refractivity contribution in [3.8, 4) is 5.75 Å². The molecule has 0 unspecified atom stereocenters. The Morgan fingerprint density at radius 2 is 1.59 bits per heavy atom. The fourth-order valence-corrected chi connectivity index (χ4v) is 3.13. The molecule has 0 aromatic heterocycles. The predicted molar refractivity (Wildman–Crippen MR) is 120 cm³/mol. The number of para-hydroxylation sites is 1. The van der Waals surface area contributed by atoms with Crippen molar-refractivity contribution in [2.45, 2.75) is 26.2 Å². The number of rotatable bonds is 9. The molecule has 0 heterocycles. The number of nitrogens with two attached hydrogens (primary N) is 1. The van der Waals surface area contributed by atoms with Gasteiger partial charge in [-0.05, 0) is 54.7 Å². The first-order valence-corrected chi connectivity index (χ1v) is 9.91. The fraction of sp³-hybridized carbons (Fsp3) is 0.192. The summed E-state index contributed by atoms with van der Waals surface area (Å²) < 4.78 is 6.06. The van der Waals surface area contributed by atoms with Crippen LogP contribution < -0.4 is 10.5 Å². The molecule has 3 aromatic carbocycles. The minimum absolute atomic E-state index is 0.207. The molecule has 0 radical (unpaired) electrons. The number of allylic oxidation sites excluding steroid dienone is 1. The van der Waals surface area contributed by atoms with Crippen molar-refractivity contribution in [2.75, 3.05) is 12.3 Å². The fourth-order valence-electron chi connectivity index (χ4n) is 3.13. The van der Waals surface area contributed by atoms with Crippen molar-refractivity contribution in [1.82, 2.24) is 0 Å². The first-order valence-electron chi connectivity index (χ1n) is 9.91. The van der Waals surface area contributed by atoms with Gasteiger partial charge in [0.1, 0.15) is 18.1 Å². The zero-order valence-corrected chi connectivity index (χ0v) is 16.8. The van der Waals surface area contributed by atoms with Gasteiger partial charge in [0.25, 0.3) is 0 Å². The van der Waals surface area contributed by atoms with E-state index in [-0.39, 0.29) is 5.78 Å². The molecule has 0 bridgehead atoms. The van der Waals surface area contributed by atoms with Crippen molar-refractivity contribution in [1.29, 1.82) is 0 Å². The van der Waals surface area contributed by atoms with Crippen molar-refractivity contribution in [3.63, 3.8) is 0 Å². The minimum Gasteiger partial charge on any atom is -0.489 e. The molecule has 3 nitrogen and oxygen atoms in total. The lowest BCUT2D eigenvalue weighted by Crippen LogP contribution is -2.04. The van der Waals surface area contributed by atoms with Crippen LogP contribution in [-0.4, -0.2) is 12.4 Å². The predicted octanol–water partition coefficient (Wildman–Crippen LogP) is 5.50. The number of aryl methyl sites for hydroxylation is 1. The number of carbonyl (C=O) groups is 1. The summed E-state index contributed by atoms with van der Waals surface area (Å²) in [5.74, 6) is 1.01. The zero-order valence-electron chi connectivity index (χ0n) is 16.8. The van der Waals surface area contributed by atoms with E-state index in [4.69, 9.17) is 10.5 Å². The highest BCUT2D eigenvalue weighted by Gasteiger charge is 2.07. The van der Waals surface area contributed by atoms with Crippen LogP contribution >= 0.6 is 0 Å². The lowest BCUT2D eigenvalue weighted by molar-refractivity contribution is -0.116. The standard InChI is InChI=1S/C26H27NO2/c1-20(28)11-12-22-14-17-24(18-15-22)29-19-23(25-9-5-6-10-26(25)27)16-13-21-7-3-2-4-8-21/h2-10,14-18H,11-13,19,27H2,1H3/b23-16-. The average molecular weight is 386 g/mol. The normalized spacial score (nSPS) is 11.3. The van der Waals surface area contributed by atoms with Crippen LogP contribution in [0, 0.1) is 0 Å². The van der Waals surface area contributed by atoms with E-state index < -0.39 is 0 Å². The molecule has 0 fully saturated rings. The molecule has 3 aromatic rings. The highest BCUT2D eigenvalue weighted by atomic mass is 16.5. The molecule has 3 rings (SSSR count). The summed E-state index contributed by atoms with van der Waals surface area (Å²) in [6.45, 7) is 2.06. The van der Waals surface area contributed by atoms with Crippen LogP contribution in [0.4, 0.5) is 5.69 Å². The van der Waals surface area contributed by atoms with Gasteiger partial charge in [-0.1, -0.05) is 66.7 Å². The molecule has 0 aliphatic rings. The second-order valence-corrected chi connectivity index (χ2v) is 7.14. The van der Waals surface area contributed by atoms with Gasteiger partial charge in [0.15, 0.2) is 0 Å². The Bertz CT molecular complexity index is 960. The van der Waals surface area contributed by atoms with Gasteiger partial charge < -0.3 is 15.3 Å². The number of carbonyl (C=O) groups excluding carboxylic acids is 1. The van der Waals surface area contributed by atoms with E-state index >= 15 is 0 Å². The molecule has 0 aliphatic heterocycles. The summed E-state index contributed by atoms with van der Waals surface area (Å²) in [5.41, 5.74) is 11.4. The quantitative estimate of drug-likeness (QED) is 0.495. The number of Topliss-reactive ketones (excluding diaryl/α,β-unsaturated/α-hetero) is 1. The Balaban J connectivity index is 1.71. The maximum absolute atomic E-state index is 11.1. The van der Waals surface area contributed by atoms with Crippen molar-refractivity contribution >= 4 is 17.0 Å². The van der Waals surface area contributed by atoms with Gasteiger partial charge in [0.05, 0.1) is 0 Å². The molecule has 0 amide bonds. The maximum Gasteiger partial charge on any atom is 0.130 e. The Kier molecular flexibility index (Phi) is 7.23. The van der Waals surface area contributed by atoms with Crippen molar-refractivity contribution in [3.05, 3.63) is 102 Å². The second kappa shape index (κ2) is 10.3. The van der Waals surface area contributed by atoms with Crippen molar-refractivity contribution < 1.29 is 9.53 Å². The highest BCUT2D eigenvalue weighted by molar-refractivity contribution is 5.76. The third kappa shape index (κ3) is 6.35. The van der Waals surface area contributed by atoms with Crippen LogP contribution in [0.15, 0.2) is 84.9 Å². The Hall–Kier alpha value is -3.33. The number of anilines is 1. The summed E-state index contributed by atoms with van der Waals surface area (Å²) in [7, 11) is 0. The summed E-state index contributed by atoms with van der Waals surface area (Å²) in [6.07, 6.45) is 4.33. The smallest absolute Gasteiger partial charge is 0.130 e. The average Bonchev–Trinajstić information content (AvgIpc) is 2.74. The van der Waals surface area contributed by atoms with E-state index in [2.05, 4.69) is 18.2 Å². The van der Waals surface area contributed by atoms with E-state index in [1.54, 1.807) is 6.92 Å². The number of ether oxygens (including phenoxy) is 1. The molecule has 29 heavy (non-hydrogen) atoms. The zero-order chi connectivity index (χ0) is 20.5. The van der Waals surface area contributed by atoms with Crippen LogP contribution in [0.1, 0.15) is 30.0 Å². The Morgan fingerprint density at radius 1 is 0.897 bits per heavy atom.